The van der Waals surface area contributed by atoms with Crippen LogP contribution >= 0.6 is 0 Å². The van der Waals surface area contributed by atoms with E-state index in [9.17, 15) is 30.1 Å². The van der Waals surface area contributed by atoms with E-state index in [0.29, 0.717) is 5.69 Å². The van der Waals surface area contributed by atoms with Crippen LogP contribution in [-0.2, 0) is 11.3 Å². The Hall–Kier alpha value is -3.50. The monoisotopic (exact) mass is 321 g/mol. The van der Waals surface area contributed by atoms with E-state index in [1.54, 1.807) is 0 Å². The zero-order valence-electron chi connectivity index (χ0n) is 11.8. The van der Waals surface area contributed by atoms with Crippen molar-refractivity contribution in [2.75, 3.05) is 5.32 Å². The number of hydrogen-bond acceptors (Lipinski definition) is 7. The Morgan fingerprint density at radius 3 is 2.57 bits per heavy atom. The van der Waals surface area contributed by atoms with E-state index in [-0.39, 0.29) is 11.4 Å². The molecule has 0 spiro atoms. The maximum absolute atomic E-state index is 11.9. The predicted molar refractivity (Wildman–Crippen MR) is 77.0 cm³/mol. The molecule has 0 bridgehead atoms. The Morgan fingerprint density at radius 1 is 1.35 bits per heavy atom. The first kappa shape index (κ1) is 15.9. The molecule has 0 aliphatic carbocycles. The van der Waals surface area contributed by atoms with Gasteiger partial charge in [-0.15, -0.1) is 0 Å². The first-order chi connectivity index (χ1) is 10.8. The third-order valence-electron chi connectivity index (χ3n) is 2.94. The summed E-state index contributed by atoms with van der Waals surface area (Å²) in [6.07, 6.45) is 0. The molecule has 2 rings (SSSR count). The molecule has 23 heavy (non-hydrogen) atoms. The summed E-state index contributed by atoms with van der Waals surface area (Å²) < 4.78 is 0.883. The van der Waals surface area contributed by atoms with Gasteiger partial charge in [0.05, 0.1) is 10.0 Å². The van der Waals surface area contributed by atoms with Gasteiger partial charge < -0.3 is 20.5 Å². The van der Waals surface area contributed by atoms with Crippen LogP contribution in [0.3, 0.4) is 0 Å². The van der Waals surface area contributed by atoms with Crippen molar-refractivity contribution in [2.45, 2.75) is 13.5 Å². The first-order valence-electron chi connectivity index (χ1n) is 6.24. The lowest BCUT2D eigenvalue weighted by Gasteiger charge is -2.04. The molecule has 1 aromatic carbocycles. The number of benzene rings is 1. The van der Waals surface area contributed by atoms with Gasteiger partial charge in [0.15, 0.2) is 0 Å². The van der Waals surface area contributed by atoms with Gasteiger partial charge in [0, 0.05) is 11.8 Å². The second-order valence-electron chi connectivity index (χ2n) is 4.53. The molecule has 11 heteroatoms. The average Bonchev–Trinajstić information content (AvgIpc) is 2.76. The molecule has 1 heterocycles. The normalized spacial score (nSPS) is 10.3. The molecule has 1 amide bonds. The van der Waals surface area contributed by atoms with Crippen molar-refractivity contribution < 1.29 is 19.7 Å². The molecule has 2 aromatic rings. The van der Waals surface area contributed by atoms with Crippen molar-refractivity contribution >= 4 is 23.1 Å². The fourth-order valence-electron chi connectivity index (χ4n) is 1.93. The van der Waals surface area contributed by atoms with E-state index in [1.165, 1.54) is 31.2 Å². The number of carbonyl (C=O) groups is 1. The number of carbonyl (C=O) groups excluding carboxylic acids is 1. The largest absolute Gasteiger partial charge is 0.508 e. The summed E-state index contributed by atoms with van der Waals surface area (Å²) in [5.41, 5.74) is -0.545. The number of rotatable bonds is 5. The van der Waals surface area contributed by atoms with Gasteiger partial charge in [-0.1, -0.05) is 6.07 Å². The second kappa shape index (κ2) is 6.09. The highest BCUT2D eigenvalue weighted by Gasteiger charge is 2.35. The Bertz CT molecular complexity index is 799. The van der Waals surface area contributed by atoms with Crippen LogP contribution in [0.2, 0.25) is 0 Å². The van der Waals surface area contributed by atoms with Crippen LogP contribution in [0, 0.1) is 27.2 Å². The molecule has 0 aliphatic heterocycles. The fraction of sp³-hybridized carbons (Fsp3) is 0.167. The van der Waals surface area contributed by atoms with Crippen molar-refractivity contribution in [3.8, 4) is 5.75 Å². The van der Waals surface area contributed by atoms with Gasteiger partial charge in [-0.3, -0.25) is 14.9 Å². The Labute approximate surface area is 128 Å². The molecule has 1 aromatic heterocycles. The number of anilines is 1. The number of hydrogen-bond donors (Lipinski definition) is 2. The summed E-state index contributed by atoms with van der Waals surface area (Å²) in [5.74, 6) is -1.58. The highest BCUT2D eigenvalue weighted by Crippen LogP contribution is 2.29. The zero-order valence-corrected chi connectivity index (χ0v) is 11.8. The van der Waals surface area contributed by atoms with Crippen LogP contribution in [0.4, 0.5) is 17.2 Å². The summed E-state index contributed by atoms with van der Waals surface area (Å²) in [5, 5.41) is 36.9. The molecule has 120 valence electrons. The van der Waals surface area contributed by atoms with E-state index < -0.39 is 33.8 Å². The number of phenols is 1. The van der Waals surface area contributed by atoms with Gasteiger partial charge in [-0.2, -0.15) is 4.68 Å². The molecule has 0 atom stereocenters. The van der Waals surface area contributed by atoms with Gasteiger partial charge in [0.25, 0.3) is 0 Å². The number of aromatic hydroxyl groups is 1. The number of nitro groups is 2. The summed E-state index contributed by atoms with van der Waals surface area (Å²) in [6.45, 7) is 0.815. The molecule has 0 unspecified atom stereocenters. The Morgan fingerprint density at radius 2 is 2.04 bits per heavy atom. The minimum absolute atomic E-state index is 0.0515. The lowest BCUT2D eigenvalue weighted by atomic mass is 10.3. The SMILES string of the molecule is Cc1c([N+](=O)[O-])c([N+](=O)[O-])nn1CC(=O)Nc1cccc(O)c1. The van der Waals surface area contributed by atoms with Crippen LogP contribution in [-0.4, -0.2) is 30.6 Å². The van der Waals surface area contributed by atoms with E-state index in [0.717, 1.165) is 4.68 Å². The summed E-state index contributed by atoms with van der Waals surface area (Å²) in [6, 6.07) is 5.76. The van der Waals surface area contributed by atoms with Crippen LogP contribution in [0.5, 0.6) is 5.75 Å². The van der Waals surface area contributed by atoms with Crippen LogP contribution in [0.1, 0.15) is 5.69 Å². The first-order valence-corrected chi connectivity index (χ1v) is 6.24. The summed E-state index contributed by atoms with van der Waals surface area (Å²) in [4.78, 5) is 31.7. The van der Waals surface area contributed by atoms with Crippen LogP contribution < -0.4 is 5.32 Å². The zero-order chi connectivity index (χ0) is 17.1. The van der Waals surface area contributed by atoms with Crippen LogP contribution in [0.15, 0.2) is 24.3 Å². The van der Waals surface area contributed by atoms with E-state index in [1.807, 2.05) is 0 Å². The Kier molecular flexibility index (Phi) is 4.21. The second-order valence-corrected chi connectivity index (χ2v) is 4.53. The maximum Gasteiger partial charge on any atom is 0.468 e. The lowest BCUT2D eigenvalue weighted by molar-refractivity contribution is -0.424. The molecular formula is C12H11N5O6. The van der Waals surface area contributed by atoms with Gasteiger partial charge >= 0.3 is 11.5 Å². The number of aromatic nitrogens is 2. The molecule has 11 nitrogen and oxygen atoms in total. The van der Waals surface area contributed by atoms with E-state index in [2.05, 4.69) is 10.4 Å². The Balaban J connectivity index is 2.23. The molecule has 0 fully saturated rings. The van der Waals surface area contributed by atoms with Gasteiger partial charge in [0.1, 0.15) is 18.0 Å². The molecule has 0 radical (unpaired) electrons. The summed E-state index contributed by atoms with van der Waals surface area (Å²) in [7, 11) is 0. The topological polar surface area (TPSA) is 153 Å². The minimum Gasteiger partial charge on any atom is -0.508 e. The van der Waals surface area contributed by atoms with E-state index >= 15 is 0 Å². The van der Waals surface area contributed by atoms with Crippen molar-refractivity contribution in [1.82, 2.24) is 9.78 Å². The highest BCUT2D eigenvalue weighted by atomic mass is 16.6. The molecule has 2 N–H and O–H groups in total. The van der Waals surface area contributed by atoms with Crippen molar-refractivity contribution in [1.29, 1.82) is 0 Å². The highest BCUT2D eigenvalue weighted by molar-refractivity contribution is 5.90. The molecule has 0 saturated heterocycles. The summed E-state index contributed by atoms with van der Waals surface area (Å²) >= 11 is 0. The lowest BCUT2D eigenvalue weighted by Crippen LogP contribution is -2.20. The number of amides is 1. The van der Waals surface area contributed by atoms with E-state index in [4.69, 9.17) is 0 Å². The molecule has 0 aliphatic rings. The quantitative estimate of drug-likeness (QED) is 0.622. The van der Waals surface area contributed by atoms with Crippen LogP contribution in [0.25, 0.3) is 0 Å². The fourth-order valence-corrected chi connectivity index (χ4v) is 1.93. The molecular weight excluding hydrogens is 310 g/mol. The number of phenolic OH excluding ortho intramolecular Hbond substituents is 1. The third kappa shape index (κ3) is 3.40. The number of nitrogens with one attached hydrogen (secondary N) is 1. The standard InChI is InChI=1S/C12H11N5O6/c1-7-11(16(20)21)12(17(22)23)14-15(7)6-10(19)13-8-3-2-4-9(18)5-8/h2-5,18H,6H2,1H3,(H,13,19). The van der Waals surface area contributed by atoms with Crippen molar-refractivity contribution in [3.63, 3.8) is 0 Å². The van der Waals surface area contributed by atoms with Gasteiger partial charge in [0.2, 0.25) is 5.91 Å². The third-order valence-corrected chi connectivity index (χ3v) is 2.94. The van der Waals surface area contributed by atoms with Crippen molar-refractivity contribution in [3.05, 3.63) is 50.2 Å². The number of nitrogens with zero attached hydrogens (tertiary/aromatic N) is 4. The maximum atomic E-state index is 11.9. The van der Waals surface area contributed by atoms with Crippen molar-refractivity contribution in [2.24, 2.45) is 0 Å². The predicted octanol–water partition coefficient (Wildman–Crippen LogP) is 1.35. The van der Waals surface area contributed by atoms with Gasteiger partial charge in [-0.25, -0.2) is 0 Å². The molecule has 0 saturated carbocycles. The van der Waals surface area contributed by atoms with Gasteiger partial charge in [-0.05, 0) is 24.0 Å². The smallest absolute Gasteiger partial charge is 0.468 e. The average molecular weight is 321 g/mol. The minimum atomic E-state index is -0.977.